The second-order valence-corrected chi connectivity index (χ2v) is 8.59. The number of nitrogens with one attached hydrogen (secondary N) is 1. The van der Waals surface area contributed by atoms with Crippen molar-refractivity contribution < 1.29 is 14.3 Å². The summed E-state index contributed by atoms with van der Waals surface area (Å²) in [5.41, 5.74) is 1.55. The Balaban J connectivity index is 2.00. The van der Waals surface area contributed by atoms with E-state index in [1.165, 1.54) is 0 Å². The summed E-state index contributed by atoms with van der Waals surface area (Å²) < 4.78 is 12.3. The summed E-state index contributed by atoms with van der Waals surface area (Å²) in [6, 6.07) is 19.2. The van der Waals surface area contributed by atoms with E-state index in [-0.39, 0.29) is 0 Å². The first-order chi connectivity index (χ1) is 13.8. The van der Waals surface area contributed by atoms with Gasteiger partial charge in [-0.25, -0.2) is 4.79 Å². The lowest BCUT2D eigenvalue weighted by Crippen LogP contribution is -2.27. The van der Waals surface area contributed by atoms with Crippen molar-refractivity contribution in [2.75, 3.05) is 5.32 Å². The van der Waals surface area contributed by atoms with Crippen LogP contribution in [0.3, 0.4) is 0 Å². The lowest BCUT2D eigenvalue weighted by molar-refractivity contribution is 0.0636. The van der Waals surface area contributed by atoms with Crippen LogP contribution in [0.25, 0.3) is 10.8 Å². The average Bonchev–Trinajstić information content (AvgIpc) is 2.68. The van der Waals surface area contributed by atoms with Gasteiger partial charge in [-0.05, 0) is 67.1 Å². The standard InChI is InChI=1S/C23H21IN2O3/c1-23(2,3)29-22(27)26-19-12-20(28-14-15-7-5-4-6-8-15)17-10-9-16(13-25)11-18(17)21(19)24/h4-12H,14H2,1-3H3,(H,26,27). The molecule has 29 heavy (non-hydrogen) atoms. The molecule has 1 N–H and O–H groups in total. The number of nitriles is 1. The number of ether oxygens (including phenoxy) is 2. The molecular formula is C23H21IN2O3. The molecule has 0 radical (unpaired) electrons. The minimum Gasteiger partial charge on any atom is -0.488 e. The Kier molecular flexibility index (Phi) is 6.28. The Morgan fingerprint density at radius 3 is 2.48 bits per heavy atom. The van der Waals surface area contributed by atoms with E-state index in [0.717, 1.165) is 19.9 Å². The lowest BCUT2D eigenvalue weighted by atomic mass is 10.1. The Morgan fingerprint density at radius 1 is 1.10 bits per heavy atom. The van der Waals surface area contributed by atoms with Crippen LogP contribution in [-0.4, -0.2) is 11.7 Å². The number of carbonyl (C=O) groups is 1. The van der Waals surface area contributed by atoms with Gasteiger partial charge in [-0.2, -0.15) is 5.26 Å². The Hall–Kier alpha value is -2.79. The van der Waals surface area contributed by atoms with Crippen molar-refractivity contribution in [2.24, 2.45) is 0 Å². The third kappa shape index (κ3) is 5.39. The fourth-order valence-corrected chi connectivity index (χ4v) is 3.52. The Morgan fingerprint density at radius 2 is 1.83 bits per heavy atom. The highest BCUT2D eigenvalue weighted by Gasteiger charge is 2.19. The van der Waals surface area contributed by atoms with Crippen molar-refractivity contribution in [3.63, 3.8) is 0 Å². The van der Waals surface area contributed by atoms with Crippen LogP contribution in [0.5, 0.6) is 5.75 Å². The number of fused-ring (bicyclic) bond motifs is 1. The van der Waals surface area contributed by atoms with Gasteiger partial charge < -0.3 is 9.47 Å². The molecule has 0 atom stereocenters. The van der Waals surface area contributed by atoms with Crippen LogP contribution in [0.2, 0.25) is 0 Å². The predicted molar refractivity (Wildman–Crippen MR) is 122 cm³/mol. The van der Waals surface area contributed by atoms with Crippen LogP contribution in [0, 0.1) is 14.9 Å². The van der Waals surface area contributed by atoms with Crippen molar-refractivity contribution in [3.8, 4) is 11.8 Å². The van der Waals surface area contributed by atoms with Crippen molar-refractivity contribution in [2.45, 2.75) is 33.0 Å². The molecule has 148 valence electrons. The molecule has 0 saturated carbocycles. The van der Waals surface area contributed by atoms with E-state index in [4.69, 9.17) is 9.47 Å². The van der Waals surface area contributed by atoms with Crippen LogP contribution in [0.15, 0.2) is 54.6 Å². The van der Waals surface area contributed by atoms with Gasteiger partial charge in [0.1, 0.15) is 18.0 Å². The van der Waals surface area contributed by atoms with Gasteiger partial charge in [0.25, 0.3) is 0 Å². The molecular weight excluding hydrogens is 479 g/mol. The summed E-state index contributed by atoms with van der Waals surface area (Å²) in [4.78, 5) is 12.3. The first-order valence-corrected chi connectivity index (χ1v) is 10.2. The molecule has 3 aromatic rings. The molecule has 0 spiro atoms. The summed E-state index contributed by atoms with van der Waals surface area (Å²) in [5.74, 6) is 0.625. The molecule has 0 heterocycles. The molecule has 0 aromatic heterocycles. The number of hydrogen-bond donors (Lipinski definition) is 1. The zero-order valence-corrected chi connectivity index (χ0v) is 18.6. The molecule has 0 bridgehead atoms. The van der Waals surface area contributed by atoms with Gasteiger partial charge >= 0.3 is 6.09 Å². The third-order valence-corrected chi connectivity index (χ3v) is 5.20. The van der Waals surface area contributed by atoms with Gasteiger partial charge in [-0.1, -0.05) is 30.3 Å². The largest absolute Gasteiger partial charge is 0.488 e. The molecule has 5 nitrogen and oxygen atoms in total. The Bertz CT molecular complexity index is 1080. The van der Waals surface area contributed by atoms with E-state index < -0.39 is 11.7 Å². The molecule has 0 aliphatic rings. The van der Waals surface area contributed by atoms with E-state index in [0.29, 0.717) is 23.6 Å². The highest BCUT2D eigenvalue weighted by molar-refractivity contribution is 14.1. The molecule has 1 amide bonds. The van der Waals surface area contributed by atoms with Crippen molar-refractivity contribution in [3.05, 3.63) is 69.3 Å². The van der Waals surface area contributed by atoms with E-state index in [1.807, 2.05) is 57.2 Å². The number of hydrogen-bond acceptors (Lipinski definition) is 4. The fourth-order valence-electron chi connectivity index (χ4n) is 2.79. The van der Waals surface area contributed by atoms with Crippen molar-refractivity contribution in [1.82, 2.24) is 0 Å². The van der Waals surface area contributed by atoms with Crippen molar-refractivity contribution in [1.29, 1.82) is 5.26 Å². The molecule has 0 saturated heterocycles. The number of benzene rings is 3. The van der Waals surface area contributed by atoms with Crippen molar-refractivity contribution >= 4 is 45.1 Å². The fraction of sp³-hybridized carbons (Fsp3) is 0.217. The maximum absolute atomic E-state index is 12.3. The average molecular weight is 500 g/mol. The predicted octanol–water partition coefficient (Wildman–Crippen LogP) is 6.24. The van der Waals surface area contributed by atoms with Gasteiger partial charge in [0.05, 0.1) is 17.3 Å². The van der Waals surface area contributed by atoms with Gasteiger partial charge in [0.15, 0.2) is 0 Å². The van der Waals surface area contributed by atoms with Gasteiger partial charge in [-0.15, -0.1) is 0 Å². The molecule has 3 aromatic carbocycles. The molecule has 0 aliphatic heterocycles. The van der Waals surface area contributed by atoms with E-state index >= 15 is 0 Å². The SMILES string of the molecule is CC(C)(C)OC(=O)Nc1cc(OCc2ccccc2)c2ccc(C#N)cc2c1I. The van der Waals surface area contributed by atoms with Crippen LogP contribution < -0.4 is 10.1 Å². The van der Waals surface area contributed by atoms with Gasteiger partial charge in [0, 0.05) is 20.4 Å². The normalized spacial score (nSPS) is 11.0. The quantitative estimate of drug-likeness (QED) is 0.431. The van der Waals surface area contributed by atoms with Gasteiger partial charge in [-0.3, -0.25) is 5.32 Å². The first kappa shape index (κ1) is 20.9. The zero-order valence-electron chi connectivity index (χ0n) is 16.5. The summed E-state index contributed by atoms with van der Waals surface area (Å²) in [6.45, 7) is 5.82. The second-order valence-electron chi connectivity index (χ2n) is 7.51. The zero-order chi connectivity index (χ0) is 21.0. The third-order valence-electron chi connectivity index (χ3n) is 4.04. The highest BCUT2D eigenvalue weighted by atomic mass is 127. The van der Waals surface area contributed by atoms with Crippen LogP contribution in [0.1, 0.15) is 31.9 Å². The lowest BCUT2D eigenvalue weighted by Gasteiger charge is -2.21. The summed E-state index contributed by atoms with van der Waals surface area (Å²) in [5, 5.41) is 13.8. The molecule has 3 rings (SSSR count). The summed E-state index contributed by atoms with van der Waals surface area (Å²) >= 11 is 2.16. The van der Waals surface area contributed by atoms with Crippen LogP contribution in [0.4, 0.5) is 10.5 Å². The molecule has 0 aliphatic carbocycles. The monoisotopic (exact) mass is 500 g/mol. The van der Waals surface area contributed by atoms with Gasteiger partial charge in [0.2, 0.25) is 0 Å². The summed E-state index contributed by atoms with van der Waals surface area (Å²) in [6.07, 6.45) is -0.541. The van der Waals surface area contributed by atoms with E-state index in [1.54, 1.807) is 18.2 Å². The number of carbonyl (C=O) groups excluding carboxylic acids is 1. The van der Waals surface area contributed by atoms with Crippen LogP contribution >= 0.6 is 22.6 Å². The minimum atomic E-state index is -0.604. The highest BCUT2D eigenvalue weighted by Crippen LogP contribution is 2.36. The second kappa shape index (κ2) is 8.70. The maximum atomic E-state index is 12.3. The Labute approximate surface area is 183 Å². The first-order valence-electron chi connectivity index (χ1n) is 9.10. The smallest absolute Gasteiger partial charge is 0.412 e. The molecule has 0 unspecified atom stereocenters. The summed E-state index contributed by atoms with van der Waals surface area (Å²) in [7, 11) is 0. The molecule has 6 heteroatoms. The maximum Gasteiger partial charge on any atom is 0.412 e. The van der Waals surface area contributed by atoms with E-state index in [2.05, 4.69) is 34.0 Å². The minimum absolute atomic E-state index is 0.391. The number of rotatable bonds is 4. The number of nitrogens with zero attached hydrogens (tertiary/aromatic N) is 1. The number of amides is 1. The number of anilines is 1. The molecule has 0 fully saturated rings. The van der Waals surface area contributed by atoms with E-state index in [9.17, 15) is 10.1 Å². The topological polar surface area (TPSA) is 71.3 Å². The van der Waals surface area contributed by atoms with Crippen LogP contribution in [-0.2, 0) is 11.3 Å². The number of halogens is 1.